The molecule has 134 valence electrons. The summed E-state index contributed by atoms with van der Waals surface area (Å²) in [6, 6.07) is 2.13. The third-order valence-corrected chi connectivity index (χ3v) is 7.21. The van der Waals surface area contributed by atoms with Gasteiger partial charge < -0.3 is 14.6 Å². The average molecular weight is 407 g/mol. The third-order valence-electron chi connectivity index (χ3n) is 6.02. The number of rotatable bonds is 2. The largest absolute Gasteiger partial charge is 0.493 e. The summed E-state index contributed by atoms with van der Waals surface area (Å²) in [6.07, 6.45) is 6.22. The first kappa shape index (κ1) is 17.1. The van der Waals surface area contributed by atoms with Crippen LogP contribution >= 0.6 is 15.9 Å². The fourth-order valence-corrected chi connectivity index (χ4v) is 6.08. The molecule has 4 aliphatic rings. The van der Waals surface area contributed by atoms with Crippen LogP contribution < -0.4 is 0 Å². The summed E-state index contributed by atoms with van der Waals surface area (Å²) in [4.78, 5) is 4.88. The van der Waals surface area contributed by atoms with E-state index < -0.39 is 6.10 Å². The minimum atomic E-state index is -0.428. The molecule has 0 aromatic heterocycles. The molecule has 25 heavy (non-hydrogen) atoms. The first-order valence-electron chi connectivity index (χ1n) is 9.08. The summed E-state index contributed by atoms with van der Waals surface area (Å²) in [6.45, 7) is 0. The van der Waals surface area contributed by atoms with Crippen LogP contribution in [0.15, 0.2) is 26.4 Å². The zero-order valence-electron chi connectivity index (χ0n) is 14.4. The van der Waals surface area contributed by atoms with Crippen LogP contribution in [0, 0.1) is 16.7 Å². The molecular weight excluding hydrogens is 384 g/mol. The Morgan fingerprint density at radius 1 is 1.48 bits per heavy atom. The fourth-order valence-electron chi connectivity index (χ4n) is 5.05. The SMILES string of the molecule is COC1=NC2C[C@@H](O)CC3=C2C2(CCCCC2O3)C(Br)=C1CCC#N. The quantitative estimate of drug-likeness (QED) is 0.757. The Hall–Kier alpha value is -1.32. The van der Waals surface area contributed by atoms with Crippen LogP contribution in [0.25, 0.3) is 0 Å². The molecule has 2 aliphatic carbocycles. The molecule has 2 heterocycles. The highest BCUT2D eigenvalue weighted by Gasteiger charge is 2.58. The van der Waals surface area contributed by atoms with Crippen molar-refractivity contribution < 1.29 is 14.6 Å². The zero-order valence-corrected chi connectivity index (χ0v) is 16.0. The molecule has 0 bridgehead atoms. The van der Waals surface area contributed by atoms with E-state index in [0.29, 0.717) is 31.6 Å². The molecule has 1 N–H and O–H groups in total. The Bertz CT molecular complexity index is 721. The van der Waals surface area contributed by atoms with E-state index in [2.05, 4.69) is 22.0 Å². The second-order valence-electron chi connectivity index (χ2n) is 7.36. The Labute approximate surface area is 156 Å². The maximum absolute atomic E-state index is 10.3. The molecule has 0 saturated heterocycles. The van der Waals surface area contributed by atoms with Gasteiger partial charge in [0.25, 0.3) is 0 Å². The number of aliphatic hydroxyl groups excluding tert-OH is 1. The second-order valence-corrected chi connectivity index (χ2v) is 8.15. The van der Waals surface area contributed by atoms with E-state index in [-0.39, 0.29) is 17.6 Å². The zero-order chi connectivity index (χ0) is 17.6. The van der Waals surface area contributed by atoms with Crippen molar-refractivity contribution in [1.29, 1.82) is 5.26 Å². The van der Waals surface area contributed by atoms with Gasteiger partial charge in [-0.3, -0.25) is 0 Å². The minimum Gasteiger partial charge on any atom is -0.493 e. The van der Waals surface area contributed by atoms with Crippen LogP contribution in [-0.2, 0) is 9.47 Å². The summed E-state index contributed by atoms with van der Waals surface area (Å²) in [7, 11) is 1.63. The Kier molecular flexibility index (Phi) is 4.41. The molecule has 4 atom stereocenters. The fraction of sp³-hybridized carbons (Fsp3) is 0.684. The summed E-state index contributed by atoms with van der Waals surface area (Å²) < 4.78 is 13.1. The highest BCUT2D eigenvalue weighted by atomic mass is 79.9. The van der Waals surface area contributed by atoms with Crippen molar-refractivity contribution in [2.75, 3.05) is 7.11 Å². The summed E-state index contributed by atoms with van der Waals surface area (Å²) in [5.41, 5.74) is 2.03. The van der Waals surface area contributed by atoms with Crippen molar-refractivity contribution >= 4 is 21.8 Å². The highest BCUT2D eigenvalue weighted by molar-refractivity contribution is 9.11. The molecule has 6 heteroatoms. The van der Waals surface area contributed by atoms with Crippen LogP contribution in [0.5, 0.6) is 0 Å². The number of hydrogen-bond acceptors (Lipinski definition) is 5. The molecule has 4 rings (SSSR count). The summed E-state index contributed by atoms with van der Waals surface area (Å²) in [5.74, 6) is 1.54. The number of methoxy groups -OCH3 is 1. The number of halogens is 1. The number of nitrogens with zero attached hydrogens (tertiary/aromatic N) is 2. The van der Waals surface area contributed by atoms with E-state index in [4.69, 9.17) is 19.7 Å². The predicted molar refractivity (Wildman–Crippen MR) is 97.1 cm³/mol. The molecule has 1 saturated carbocycles. The summed E-state index contributed by atoms with van der Waals surface area (Å²) in [5, 5.41) is 19.4. The van der Waals surface area contributed by atoms with Gasteiger partial charge in [-0.25, -0.2) is 4.99 Å². The van der Waals surface area contributed by atoms with Crippen molar-refractivity contribution in [2.24, 2.45) is 10.4 Å². The first-order valence-corrected chi connectivity index (χ1v) is 9.87. The van der Waals surface area contributed by atoms with Gasteiger partial charge in [0.15, 0.2) is 0 Å². The highest BCUT2D eigenvalue weighted by Crippen LogP contribution is 2.62. The molecular formula is C19H23BrN2O3. The normalized spacial score (nSPS) is 36.7. The predicted octanol–water partition coefficient (Wildman–Crippen LogP) is 3.73. The van der Waals surface area contributed by atoms with E-state index in [1.54, 1.807) is 7.11 Å². The van der Waals surface area contributed by atoms with E-state index in [9.17, 15) is 5.11 Å². The number of ether oxygens (including phenoxy) is 2. The lowest BCUT2D eigenvalue weighted by molar-refractivity contribution is 0.0378. The van der Waals surface area contributed by atoms with Gasteiger partial charge in [0.05, 0.1) is 30.7 Å². The number of nitriles is 1. The maximum Gasteiger partial charge on any atom is 0.213 e. The Morgan fingerprint density at radius 2 is 2.32 bits per heavy atom. The van der Waals surface area contributed by atoms with E-state index in [0.717, 1.165) is 41.5 Å². The van der Waals surface area contributed by atoms with Gasteiger partial charge >= 0.3 is 0 Å². The topological polar surface area (TPSA) is 74.8 Å². The van der Waals surface area contributed by atoms with E-state index >= 15 is 0 Å². The molecule has 2 aliphatic heterocycles. The minimum absolute atomic E-state index is 0.0944. The van der Waals surface area contributed by atoms with Crippen LogP contribution in [-0.4, -0.2) is 36.4 Å². The van der Waals surface area contributed by atoms with Crippen molar-refractivity contribution in [3.05, 3.63) is 21.4 Å². The lowest BCUT2D eigenvalue weighted by Crippen LogP contribution is -2.40. The lowest BCUT2D eigenvalue weighted by Gasteiger charge is -2.41. The van der Waals surface area contributed by atoms with E-state index in [1.165, 1.54) is 5.57 Å². The van der Waals surface area contributed by atoms with Gasteiger partial charge in [-0.15, -0.1) is 0 Å². The molecule has 0 radical (unpaired) electrons. The van der Waals surface area contributed by atoms with Gasteiger partial charge in [-0.1, -0.05) is 22.4 Å². The van der Waals surface area contributed by atoms with Crippen molar-refractivity contribution in [3.8, 4) is 6.07 Å². The molecule has 1 spiro atoms. The second kappa shape index (κ2) is 6.44. The Balaban J connectivity index is 1.92. The standard InChI is InChI=1S/C19H23BrN2O3/c1-24-18-12(5-4-8-21)17(20)19-7-3-2-6-15(19)25-14-10-11(23)9-13(22-18)16(14)19/h11,13,15,23H,2-7,9-10H2,1H3/t11-,13?,15?,19?/m1/s1. The van der Waals surface area contributed by atoms with Crippen molar-refractivity contribution in [3.63, 3.8) is 0 Å². The lowest BCUT2D eigenvalue weighted by atomic mass is 9.64. The molecule has 0 aromatic rings. The molecule has 0 amide bonds. The maximum atomic E-state index is 10.3. The van der Waals surface area contributed by atoms with Gasteiger partial charge in [0, 0.05) is 34.9 Å². The third kappa shape index (κ3) is 2.47. The van der Waals surface area contributed by atoms with Crippen LogP contribution in [0.3, 0.4) is 0 Å². The van der Waals surface area contributed by atoms with Crippen molar-refractivity contribution in [2.45, 2.75) is 69.6 Å². The average Bonchev–Trinajstić information content (AvgIpc) is 2.90. The summed E-state index contributed by atoms with van der Waals surface area (Å²) >= 11 is 3.91. The molecule has 5 nitrogen and oxygen atoms in total. The van der Waals surface area contributed by atoms with E-state index in [1.807, 2.05) is 0 Å². The van der Waals surface area contributed by atoms with Gasteiger partial charge in [-0.2, -0.15) is 5.26 Å². The molecule has 1 fully saturated rings. The van der Waals surface area contributed by atoms with Gasteiger partial charge in [-0.05, 0) is 25.7 Å². The Morgan fingerprint density at radius 3 is 3.08 bits per heavy atom. The number of hydrogen-bond donors (Lipinski definition) is 1. The van der Waals surface area contributed by atoms with Gasteiger partial charge in [0.2, 0.25) is 5.90 Å². The van der Waals surface area contributed by atoms with Gasteiger partial charge in [0.1, 0.15) is 11.9 Å². The number of aliphatic hydroxyl groups is 1. The monoisotopic (exact) mass is 406 g/mol. The smallest absolute Gasteiger partial charge is 0.213 e. The molecule has 3 unspecified atom stereocenters. The first-order chi connectivity index (χ1) is 12.1. The van der Waals surface area contributed by atoms with Crippen LogP contribution in [0.1, 0.15) is 51.4 Å². The number of aliphatic imine (C=N–C) groups is 1. The van der Waals surface area contributed by atoms with Crippen LogP contribution in [0.4, 0.5) is 0 Å². The van der Waals surface area contributed by atoms with Crippen LogP contribution in [0.2, 0.25) is 0 Å². The molecule has 0 aromatic carbocycles. The van der Waals surface area contributed by atoms with Crippen molar-refractivity contribution in [1.82, 2.24) is 0 Å².